The van der Waals surface area contributed by atoms with Gasteiger partial charge in [0, 0.05) is 13.2 Å². The molecule has 0 saturated heterocycles. The van der Waals surface area contributed by atoms with E-state index in [4.69, 9.17) is 10.8 Å². The fraction of sp³-hybridized carbons (Fsp3) is 0.500. The summed E-state index contributed by atoms with van der Waals surface area (Å²) in [6, 6.07) is 3.35. The van der Waals surface area contributed by atoms with Crippen molar-refractivity contribution < 1.29 is 17.9 Å². The van der Waals surface area contributed by atoms with Crippen LogP contribution in [0, 0.1) is 11.2 Å². The summed E-state index contributed by atoms with van der Waals surface area (Å²) in [6.07, 6.45) is 0.464. The lowest BCUT2D eigenvalue weighted by atomic mass is 9.90. The van der Waals surface area contributed by atoms with Crippen molar-refractivity contribution in [3.05, 3.63) is 24.0 Å². The SMILES string of the molecule is CC(C)(CCO)CNS(=O)(=O)c1ccc(N)c(F)c1. The van der Waals surface area contributed by atoms with Gasteiger partial charge in [-0.3, -0.25) is 0 Å². The molecule has 4 N–H and O–H groups in total. The highest BCUT2D eigenvalue weighted by atomic mass is 32.2. The molecule has 5 nitrogen and oxygen atoms in total. The second kappa shape index (κ2) is 5.85. The summed E-state index contributed by atoms with van der Waals surface area (Å²) in [5, 5.41) is 8.87. The van der Waals surface area contributed by atoms with Crippen molar-refractivity contribution in [1.29, 1.82) is 0 Å². The van der Waals surface area contributed by atoms with Gasteiger partial charge < -0.3 is 10.8 Å². The number of hydrogen-bond acceptors (Lipinski definition) is 4. The third-order valence-electron chi connectivity index (χ3n) is 2.81. The summed E-state index contributed by atoms with van der Waals surface area (Å²) in [4.78, 5) is -0.168. The second-order valence-electron chi connectivity index (χ2n) is 5.15. The molecule has 0 amide bonds. The largest absolute Gasteiger partial charge is 0.396 e. The van der Waals surface area contributed by atoms with Gasteiger partial charge in [-0.25, -0.2) is 17.5 Å². The van der Waals surface area contributed by atoms with Gasteiger partial charge in [0.05, 0.1) is 10.6 Å². The molecule has 1 aromatic carbocycles. The van der Waals surface area contributed by atoms with Crippen LogP contribution in [0.3, 0.4) is 0 Å². The van der Waals surface area contributed by atoms with Gasteiger partial charge in [0.2, 0.25) is 10.0 Å². The highest BCUT2D eigenvalue weighted by molar-refractivity contribution is 7.89. The lowest BCUT2D eigenvalue weighted by Crippen LogP contribution is -2.34. The predicted octanol–water partition coefficient (Wildman–Crippen LogP) is 1.09. The number of anilines is 1. The van der Waals surface area contributed by atoms with Gasteiger partial charge in [-0.05, 0) is 30.0 Å². The molecule has 0 spiro atoms. The first kappa shape index (κ1) is 15.9. The Morgan fingerprint density at radius 2 is 2.05 bits per heavy atom. The van der Waals surface area contributed by atoms with E-state index in [9.17, 15) is 12.8 Å². The van der Waals surface area contributed by atoms with Gasteiger partial charge in [-0.1, -0.05) is 13.8 Å². The normalized spacial score (nSPS) is 12.6. The molecule has 1 aromatic rings. The minimum atomic E-state index is -3.78. The van der Waals surface area contributed by atoms with Crippen molar-refractivity contribution in [3.8, 4) is 0 Å². The highest BCUT2D eigenvalue weighted by Gasteiger charge is 2.22. The van der Waals surface area contributed by atoms with Crippen LogP contribution in [0.25, 0.3) is 0 Å². The van der Waals surface area contributed by atoms with Gasteiger partial charge >= 0.3 is 0 Å². The summed E-state index contributed by atoms with van der Waals surface area (Å²) in [7, 11) is -3.78. The molecule has 0 aliphatic rings. The molecule has 0 bridgehead atoms. The topological polar surface area (TPSA) is 92.4 Å². The van der Waals surface area contributed by atoms with Crippen molar-refractivity contribution in [2.45, 2.75) is 25.2 Å². The Labute approximate surface area is 112 Å². The smallest absolute Gasteiger partial charge is 0.240 e. The third-order valence-corrected chi connectivity index (χ3v) is 4.21. The first-order valence-corrected chi connectivity index (χ1v) is 7.32. The van der Waals surface area contributed by atoms with Crippen molar-refractivity contribution in [1.82, 2.24) is 4.72 Å². The van der Waals surface area contributed by atoms with Crippen LogP contribution in [0.15, 0.2) is 23.1 Å². The molecule has 0 aliphatic heterocycles. The maximum atomic E-state index is 13.3. The Balaban J connectivity index is 2.84. The van der Waals surface area contributed by atoms with Crippen LogP contribution in [-0.2, 0) is 10.0 Å². The first-order chi connectivity index (χ1) is 8.68. The maximum Gasteiger partial charge on any atom is 0.240 e. The zero-order chi connectivity index (χ0) is 14.7. The second-order valence-corrected chi connectivity index (χ2v) is 6.91. The Morgan fingerprint density at radius 3 is 2.58 bits per heavy atom. The van der Waals surface area contributed by atoms with E-state index in [1.807, 2.05) is 13.8 Å². The number of nitrogens with one attached hydrogen (secondary N) is 1. The summed E-state index contributed by atoms with van der Waals surface area (Å²) in [6.45, 7) is 3.79. The zero-order valence-electron chi connectivity index (χ0n) is 11.0. The Bertz CT molecular complexity index is 544. The van der Waals surface area contributed by atoms with Crippen LogP contribution in [0.1, 0.15) is 20.3 Å². The number of hydrogen-bond donors (Lipinski definition) is 3. The van der Waals surface area contributed by atoms with Gasteiger partial charge in [0.15, 0.2) is 0 Å². The minimum Gasteiger partial charge on any atom is -0.396 e. The van der Waals surface area contributed by atoms with Gasteiger partial charge in [0.25, 0.3) is 0 Å². The number of halogens is 1. The fourth-order valence-corrected chi connectivity index (χ4v) is 2.69. The van der Waals surface area contributed by atoms with Crippen LogP contribution in [-0.4, -0.2) is 26.7 Å². The van der Waals surface area contributed by atoms with E-state index in [2.05, 4.69) is 4.72 Å². The molecule has 108 valence electrons. The number of nitrogens with two attached hydrogens (primary N) is 1. The molecule has 0 atom stereocenters. The fourth-order valence-electron chi connectivity index (χ4n) is 1.44. The molecule has 0 fully saturated rings. The molecule has 19 heavy (non-hydrogen) atoms. The van der Waals surface area contributed by atoms with Crippen LogP contribution < -0.4 is 10.5 Å². The van der Waals surface area contributed by atoms with Crippen molar-refractivity contribution in [2.75, 3.05) is 18.9 Å². The molecule has 0 aromatic heterocycles. The number of benzene rings is 1. The maximum absolute atomic E-state index is 13.3. The highest BCUT2D eigenvalue weighted by Crippen LogP contribution is 2.20. The van der Waals surface area contributed by atoms with E-state index >= 15 is 0 Å². The number of sulfonamides is 1. The van der Waals surface area contributed by atoms with E-state index in [0.29, 0.717) is 6.42 Å². The van der Waals surface area contributed by atoms with E-state index < -0.39 is 15.8 Å². The molecule has 0 radical (unpaired) electrons. The van der Waals surface area contributed by atoms with Crippen LogP contribution in [0.4, 0.5) is 10.1 Å². The Hall–Kier alpha value is -1.18. The standard InChI is InChI=1S/C12H19FN2O3S/c1-12(2,5-6-16)8-15-19(17,18)9-3-4-11(14)10(13)7-9/h3-4,7,15-16H,5-6,8,14H2,1-2H3. The van der Waals surface area contributed by atoms with E-state index in [1.165, 1.54) is 12.1 Å². The third kappa shape index (κ3) is 4.45. The minimum absolute atomic E-state index is 0.0226. The van der Waals surface area contributed by atoms with E-state index in [-0.39, 0.29) is 29.1 Å². The number of rotatable bonds is 6. The summed E-state index contributed by atoms with van der Waals surface area (Å²) < 4.78 is 39.6. The average Bonchev–Trinajstić information content (AvgIpc) is 2.30. The molecule has 0 unspecified atom stereocenters. The number of aliphatic hydroxyl groups excluding tert-OH is 1. The number of nitrogen functional groups attached to an aromatic ring is 1. The first-order valence-electron chi connectivity index (χ1n) is 5.83. The summed E-state index contributed by atoms with van der Waals surface area (Å²) in [5.41, 5.74) is 4.82. The lowest BCUT2D eigenvalue weighted by molar-refractivity contribution is 0.213. The van der Waals surface area contributed by atoms with E-state index in [0.717, 1.165) is 6.07 Å². The lowest BCUT2D eigenvalue weighted by Gasteiger charge is -2.23. The quantitative estimate of drug-likeness (QED) is 0.684. The average molecular weight is 290 g/mol. The summed E-state index contributed by atoms with van der Waals surface area (Å²) >= 11 is 0. The van der Waals surface area contributed by atoms with Crippen molar-refractivity contribution in [3.63, 3.8) is 0 Å². The van der Waals surface area contributed by atoms with Crippen LogP contribution >= 0.6 is 0 Å². The molecular weight excluding hydrogens is 271 g/mol. The van der Waals surface area contributed by atoms with Crippen LogP contribution in [0.2, 0.25) is 0 Å². The predicted molar refractivity (Wildman–Crippen MR) is 71.5 cm³/mol. The molecule has 0 saturated carbocycles. The Morgan fingerprint density at radius 1 is 1.42 bits per heavy atom. The van der Waals surface area contributed by atoms with Gasteiger partial charge in [0.1, 0.15) is 5.82 Å². The van der Waals surface area contributed by atoms with Crippen LogP contribution in [0.5, 0.6) is 0 Å². The van der Waals surface area contributed by atoms with Gasteiger partial charge in [-0.2, -0.15) is 0 Å². The molecular formula is C12H19FN2O3S. The summed E-state index contributed by atoms with van der Waals surface area (Å²) in [5.74, 6) is -0.766. The van der Waals surface area contributed by atoms with Crippen molar-refractivity contribution >= 4 is 15.7 Å². The van der Waals surface area contributed by atoms with Gasteiger partial charge in [-0.15, -0.1) is 0 Å². The Kier molecular flexibility index (Phi) is 4.89. The molecule has 1 rings (SSSR count). The van der Waals surface area contributed by atoms with Crippen molar-refractivity contribution in [2.24, 2.45) is 5.41 Å². The number of aliphatic hydroxyl groups is 1. The zero-order valence-corrected chi connectivity index (χ0v) is 11.8. The molecule has 0 heterocycles. The van der Waals surface area contributed by atoms with E-state index in [1.54, 1.807) is 0 Å². The molecule has 0 aliphatic carbocycles. The molecule has 7 heteroatoms. The monoisotopic (exact) mass is 290 g/mol.